The van der Waals surface area contributed by atoms with Crippen molar-refractivity contribution >= 4 is 34.5 Å². The van der Waals surface area contributed by atoms with Gasteiger partial charge in [-0.2, -0.15) is 0 Å². The molecule has 2 N–H and O–H groups in total. The van der Waals surface area contributed by atoms with E-state index in [9.17, 15) is 4.79 Å². The Morgan fingerprint density at radius 3 is 2.47 bits per heavy atom. The van der Waals surface area contributed by atoms with E-state index in [-0.39, 0.29) is 6.09 Å². The minimum Gasteiger partial charge on any atom is -0.495 e. The maximum absolute atomic E-state index is 12.4. The number of piperidine rings is 1. The number of halogens is 1. The molecule has 0 bridgehead atoms. The number of likely N-dealkylation sites (tertiary alicyclic amines) is 1. The quantitative estimate of drug-likeness (QED) is 0.342. The molecule has 0 unspecified atom stereocenters. The topological polar surface area (TPSA) is 92.4 Å². The van der Waals surface area contributed by atoms with Crippen molar-refractivity contribution in [3.8, 4) is 16.9 Å². The Kier molecular flexibility index (Phi) is 7.70. The molecule has 1 aliphatic heterocycles. The largest absolute Gasteiger partial charge is 0.495 e. The van der Waals surface area contributed by atoms with E-state index in [2.05, 4.69) is 26.3 Å². The van der Waals surface area contributed by atoms with E-state index in [0.717, 1.165) is 66.8 Å². The van der Waals surface area contributed by atoms with Crippen molar-refractivity contribution in [1.29, 1.82) is 0 Å². The highest BCUT2D eigenvalue weighted by molar-refractivity contribution is 6.29. The van der Waals surface area contributed by atoms with E-state index in [0.29, 0.717) is 28.8 Å². The van der Waals surface area contributed by atoms with Gasteiger partial charge in [-0.15, -0.1) is 0 Å². The van der Waals surface area contributed by atoms with Gasteiger partial charge in [-0.3, -0.25) is 0 Å². The van der Waals surface area contributed by atoms with Crippen LogP contribution in [0, 0.1) is 11.8 Å². The van der Waals surface area contributed by atoms with Gasteiger partial charge in [0.2, 0.25) is 0 Å². The molecular formula is C29H38ClN5O3. The minimum atomic E-state index is -0.446. The predicted octanol–water partition coefficient (Wildman–Crippen LogP) is 6.90. The summed E-state index contributed by atoms with van der Waals surface area (Å²) in [6, 6.07) is 6.30. The zero-order valence-electron chi connectivity index (χ0n) is 22.7. The highest BCUT2D eigenvalue weighted by Crippen LogP contribution is 2.38. The monoisotopic (exact) mass is 539 g/mol. The number of anilines is 1. The summed E-state index contributed by atoms with van der Waals surface area (Å²) in [7, 11) is 1.64. The lowest BCUT2D eigenvalue weighted by atomic mass is 9.74. The molecule has 1 aliphatic carbocycles. The SMILES string of the molecule is COc1cnc2[nH]cc(-c3cc(Cl)nc(NC4CCC(C5CCN(C(=O)OC(C)(C)C)CC5)CC4)c3)c2c1. The fourth-order valence-electron chi connectivity index (χ4n) is 5.89. The summed E-state index contributed by atoms with van der Waals surface area (Å²) >= 11 is 6.45. The van der Waals surface area contributed by atoms with Gasteiger partial charge in [-0.1, -0.05) is 11.6 Å². The Balaban J connectivity index is 1.17. The summed E-state index contributed by atoms with van der Waals surface area (Å²) in [4.78, 5) is 26.5. The number of carbonyl (C=O) groups excluding carboxylic acids is 1. The maximum Gasteiger partial charge on any atom is 0.410 e. The van der Waals surface area contributed by atoms with Gasteiger partial charge in [-0.25, -0.2) is 14.8 Å². The van der Waals surface area contributed by atoms with Crippen LogP contribution >= 0.6 is 11.6 Å². The van der Waals surface area contributed by atoms with Crippen LogP contribution in [0.25, 0.3) is 22.2 Å². The molecule has 1 saturated heterocycles. The van der Waals surface area contributed by atoms with Crippen LogP contribution in [0.3, 0.4) is 0 Å². The average molecular weight is 540 g/mol. The number of pyridine rings is 2. The summed E-state index contributed by atoms with van der Waals surface area (Å²) in [6.07, 6.45) is 10.2. The van der Waals surface area contributed by atoms with Crippen LogP contribution in [0.15, 0.2) is 30.6 Å². The van der Waals surface area contributed by atoms with E-state index >= 15 is 0 Å². The van der Waals surface area contributed by atoms with E-state index < -0.39 is 5.60 Å². The number of ether oxygens (including phenoxy) is 2. The van der Waals surface area contributed by atoms with Gasteiger partial charge in [-0.05, 0) is 94.9 Å². The summed E-state index contributed by atoms with van der Waals surface area (Å²) in [5.41, 5.74) is 2.36. The van der Waals surface area contributed by atoms with Gasteiger partial charge in [0.15, 0.2) is 0 Å². The first-order valence-electron chi connectivity index (χ1n) is 13.6. The number of H-pyrrole nitrogens is 1. The number of amides is 1. The third-order valence-electron chi connectivity index (χ3n) is 7.83. The third kappa shape index (κ3) is 6.17. The fourth-order valence-corrected chi connectivity index (χ4v) is 6.09. The molecule has 9 heteroatoms. The Bertz CT molecular complexity index is 1270. The molecular weight excluding hydrogens is 502 g/mol. The number of nitrogens with one attached hydrogen (secondary N) is 2. The Hall–Kier alpha value is -3.00. The van der Waals surface area contributed by atoms with E-state index in [4.69, 9.17) is 21.1 Å². The van der Waals surface area contributed by atoms with Gasteiger partial charge >= 0.3 is 6.09 Å². The second-order valence-corrected chi connectivity index (χ2v) is 12.0. The number of hydrogen-bond donors (Lipinski definition) is 2. The second kappa shape index (κ2) is 11.0. The Morgan fingerprint density at radius 1 is 1.08 bits per heavy atom. The van der Waals surface area contributed by atoms with E-state index in [1.807, 2.05) is 44.0 Å². The van der Waals surface area contributed by atoms with Crippen LogP contribution in [0.4, 0.5) is 10.6 Å². The van der Waals surface area contributed by atoms with Gasteiger partial charge in [0.25, 0.3) is 0 Å². The van der Waals surface area contributed by atoms with Crippen LogP contribution in [-0.2, 0) is 4.74 Å². The smallest absolute Gasteiger partial charge is 0.410 e. The maximum atomic E-state index is 12.4. The minimum absolute atomic E-state index is 0.180. The lowest BCUT2D eigenvalue weighted by Crippen LogP contribution is -2.43. The lowest BCUT2D eigenvalue weighted by Gasteiger charge is -2.39. The van der Waals surface area contributed by atoms with Crippen molar-refractivity contribution < 1.29 is 14.3 Å². The van der Waals surface area contributed by atoms with E-state index in [1.165, 1.54) is 12.8 Å². The zero-order valence-corrected chi connectivity index (χ0v) is 23.5. The number of rotatable bonds is 5. The predicted molar refractivity (Wildman–Crippen MR) is 151 cm³/mol. The van der Waals surface area contributed by atoms with Crippen LogP contribution < -0.4 is 10.1 Å². The van der Waals surface area contributed by atoms with Crippen molar-refractivity contribution in [2.45, 2.75) is 70.9 Å². The highest BCUT2D eigenvalue weighted by Gasteiger charge is 2.33. The van der Waals surface area contributed by atoms with Crippen LogP contribution in [0.2, 0.25) is 5.15 Å². The van der Waals surface area contributed by atoms with Gasteiger partial charge in [0, 0.05) is 36.3 Å². The molecule has 0 aromatic carbocycles. The normalized spacial score (nSPS) is 20.9. The molecule has 1 saturated carbocycles. The molecule has 5 rings (SSSR count). The first-order chi connectivity index (χ1) is 18.2. The highest BCUT2D eigenvalue weighted by atomic mass is 35.5. The third-order valence-corrected chi connectivity index (χ3v) is 8.02. The molecule has 2 fully saturated rings. The molecule has 2 aliphatic rings. The second-order valence-electron chi connectivity index (χ2n) is 11.6. The first kappa shape index (κ1) is 26.6. The van der Waals surface area contributed by atoms with Crippen LogP contribution in [0.5, 0.6) is 5.75 Å². The summed E-state index contributed by atoms with van der Waals surface area (Å²) in [5.74, 6) is 2.90. The molecule has 38 heavy (non-hydrogen) atoms. The van der Waals surface area contributed by atoms with Gasteiger partial charge < -0.3 is 24.7 Å². The fraction of sp³-hybridized carbons (Fsp3) is 0.552. The lowest BCUT2D eigenvalue weighted by molar-refractivity contribution is 0.0147. The number of aromatic amines is 1. The van der Waals surface area contributed by atoms with Crippen molar-refractivity contribution in [2.24, 2.45) is 11.8 Å². The van der Waals surface area contributed by atoms with Crippen molar-refractivity contribution in [1.82, 2.24) is 19.9 Å². The summed E-state index contributed by atoms with van der Waals surface area (Å²) in [5, 5.41) is 5.09. The van der Waals surface area contributed by atoms with Gasteiger partial charge in [0.1, 0.15) is 28.0 Å². The number of methoxy groups -OCH3 is 1. The summed E-state index contributed by atoms with van der Waals surface area (Å²) in [6.45, 7) is 7.34. The number of nitrogens with zero attached hydrogens (tertiary/aromatic N) is 3. The molecule has 0 atom stereocenters. The number of carbonyl (C=O) groups is 1. The summed E-state index contributed by atoms with van der Waals surface area (Å²) < 4.78 is 10.9. The van der Waals surface area contributed by atoms with Crippen molar-refractivity contribution in [3.05, 3.63) is 35.7 Å². The zero-order chi connectivity index (χ0) is 26.9. The molecule has 0 radical (unpaired) electrons. The van der Waals surface area contributed by atoms with Gasteiger partial charge in [0.05, 0.1) is 13.3 Å². The number of aromatic nitrogens is 3. The molecule has 4 heterocycles. The molecule has 3 aromatic heterocycles. The van der Waals surface area contributed by atoms with Crippen LogP contribution in [0.1, 0.15) is 59.3 Å². The standard InChI is InChI=1S/C29H38ClN5O3/c1-29(2,3)38-28(36)35-11-9-19(10-12-35)18-5-7-21(8-6-18)33-26-14-20(13-25(30)34-26)24-17-32-27-23(24)15-22(37-4)16-31-27/h13-19,21H,5-12H2,1-4H3,(H,31,32)(H,33,34). The first-order valence-corrected chi connectivity index (χ1v) is 14.0. The van der Waals surface area contributed by atoms with E-state index in [1.54, 1.807) is 13.3 Å². The molecule has 0 spiro atoms. The number of fused-ring (bicyclic) bond motifs is 1. The Morgan fingerprint density at radius 2 is 1.79 bits per heavy atom. The molecule has 204 valence electrons. The molecule has 8 nitrogen and oxygen atoms in total. The van der Waals surface area contributed by atoms with Crippen molar-refractivity contribution in [2.75, 3.05) is 25.5 Å². The average Bonchev–Trinajstić information content (AvgIpc) is 3.31. The molecule has 3 aromatic rings. The molecule has 1 amide bonds. The van der Waals surface area contributed by atoms with Crippen molar-refractivity contribution in [3.63, 3.8) is 0 Å². The van der Waals surface area contributed by atoms with Crippen LogP contribution in [-0.4, -0.2) is 57.8 Å². The number of hydrogen-bond acceptors (Lipinski definition) is 6. The Labute approximate surface area is 229 Å².